The molecule has 1 heterocycles. The van der Waals surface area contributed by atoms with Crippen LogP contribution in [-0.4, -0.2) is 37.4 Å². The smallest absolute Gasteiger partial charge is 0.251 e. The number of sulfone groups is 1. The fourth-order valence-electron chi connectivity index (χ4n) is 2.54. The highest BCUT2D eigenvalue weighted by Gasteiger charge is 2.14. The Hall–Kier alpha value is -2.72. The van der Waals surface area contributed by atoms with Crippen LogP contribution >= 0.6 is 0 Å². The first-order valence-electron chi connectivity index (χ1n) is 8.26. The molecule has 1 aromatic heterocycles. The molecule has 0 aliphatic rings. The van der Waals surface area contributed by atoms with Crippen molar-refractivity contribution in [2.75, 3.05) is 18.1 Å². The van der Waals surface area contributed by atoms with Gasteiger partial charge in [0.25, 0.3) is 5.91 Å². The lowest BCUT2D eigenvalue weighted by Gasteiger charge is -2.09. The highest BCUT2D eigenvalue weighted by molar-refractivity contribution is 7.91. The van der Waals surface area contributed by atoms with E-state index in [1.165, 1.54) is 0 Å². The lowest BCUT2D eigenvalue weighted by molar-refractivity contribution is 0.0956. The van der Waals surface area contributed by atoms with E-state index in [2.05, 4.69) is 10.3 Å². The Kier molecular flexibility index (Phi) is 6.47. The summed E-state index contributed by atoms with van der Waals surface area (Å²) in [4.78, 5) is 16.2. The molecule has 0 atom stereocenters. The highest BCUT2D eigenvalue weighted by atomic mass is 32.2. The van der Waals surface area contributed by atoms with Crippen molar-refractivity contribution >= 4 is 15.7 Å². The van der Waals surface area contributed by atoms with Crippen molar-refractivity contribution in [2.45, 2.75) is 13.8 Å². The van der Waals surface area contributed by atoms with Crippen LogP contribution in [0.1, 0.15) is 29.9 Å². The van der Waals surface area contributed by atoms with E-state index in [0.717, 1.165) is 5.56 Å². The fraction of sp³-hybridized carbons (Fsp3) is 0.316. The fourth-order valence-corrected chi connectivity index (χ4v) is 4.14. The second kappa shape index (κ2) is 8.59. The van der Waals surface area contributed by atoms with Gasteiger partial charge in [-0.05, 0) is 35.7 Å². The van der Waals surface area contributed by atoms with Gasteiger partial charge in [0.2, 0.25) is 0 Å². The number of nitrogens with one attached hydrogen (secondary N) is 1. The Morgan fingerprint density at radius 2 is 1.92 bits per heavy atom. The van der Waals surface area contributed by atoms with Gasteiger partial charge in [-0.2, -0.15) is 5.26 Å². The summed E-state index contributed by atoms with van der Waals surface area (Å²) >= 11 is 0. The molecule has 0 aliphatic heterocycles. The summed E-state index contributed by atoms with van der Waals surface area (Å²) in [5.74, 6) is -0.225. The van der Waals surface area contributed by atoms with Crippen molar-refractivity contribution in [1.82, 2.24) is 10.3 Å². The van der Waals surface area contributed by atoms with E-state index in [1.54, 1.807) is 42.6 Å². The van der Waals surface area contributed by atoms with Gasteiger partial charge in [0, 0.05) is 23.9 Å². The summed E-state index contributed by atoms with van der Waals surface area (Å²) in [6, 6.07) is 12.3. The number of hydrogen-bond donors (Lipinski definition) is 1. The maximum atomic E-state index is 12.2. The molecule has 0 bridgehead atoms. The first-order chi connectivity index (χ1) is 12.3. The van der Waals surface area contributed by atoms with Gasteiger partial charge in [-0.1, -0.05) is 26.0 Å². The van der Waals surface area contributed by atoms with Gasteiger partial charge >= 0.3 is 0 Å². The van der Waals surface area contributed by atoms with Crippen LogP contribution in [0.5, 0.6) is 0 Å². The first kappa shape index (κ1) is 19.6. The monoisotopic (exact) mass is 371 g/mol. The number of amides is 1. The van der Waals surface area contributed by atoms with Gasteiger partial charge in [-0.25, -0.2) is 13.4 Å². The number of pyridine rings is 1. The van der Waals surface area contributed by atoms with Gasteiger partial charge < -0.3 is 5.32 Å². The largest absolute Gasteiger partial charge is 0.351 e. The Morgan fingerprint density at radius 1 is 1.23 bits per heavy atom. The summed E-state index contributed by atoms with van der Waals surface area (Å²) in [5, 5.41) is 11.7. The van der Waals surface area contributed by atoms with E-state index < -0.39 is 9.84 Å². The van der Waals surface area contributed by atoms with Gasteiger partial charge in [-0.15, -0.1) is 0 Å². The van der Waals surface area contributed by atoms with Crippen molar-refractivity contribution in [2.24, 2.45) is 5.92 Å². The topological polar surface area (TPSA) is 99.9 Å². The molecule has 0 fully saturated rings. The summed E-state index contributed by atoms with van der Waals surface area (Å²) in [6.45, 7) is 3.77. The van der Waals surface area contributed by atoms with Gasteiger partial charge in [0.05, 0.1) is 11.5 Å². The van der Waals surface area contributed by atoms with E-state index in [9.17, 15) is 13.2 Å². The number of carbonyl (C=O) groups excluding carboxylic acids is 1. The van der Waals surface area contributed by atoms with Crippen molar-refractivity contribution in [3.63, 3.8) is 0 Å². The zero-order chi connectivity index (χ0) is 19.2. The molecule has 26 heavy (non-hydrogen) atoms. The Balaban J connectivity index is 2.00. The Bertz CT molecular complexity index is 914. The molecule has 0 unspecified atom stereocenters. The normalized spacial score (nSPS) is 11.2. The Morgan fingerprint density at radius 3 is 2.54 bits per heavy atom. The molecular weight excluding hydrogens is 350 g/mol. The summed E-state index contributed by atoms with van der Waals surface area (Å²) < 4.78 is 23.7. The minimum absolute atomic E-state index is 0.0639. The van der Waals surface area contributed by atoms with E-state index in [0.29, 0.717) is 16.8 Å². The van der Waals surface area contributed by atoms with E-state index >= 15 is 0 Å². The molecule has 2 aromatic rings. The van der Waals surface area contributed by atoms with Crippen molar-refractivity contribution in [3.8, 4) is 17.2 Å². The second-order valence-electron chi connectivity index (χ2n) is 6.35. The average Bonchev–Trinajstić information content (AvgIpc) is 2.60. The standard InChI is InChI=1S/C19H21N3O3S/c1-14(2)13-26(24,25)11-10-22-19(23)16-7-5-15(6-8-16)17-4-3-9-21-18(17)12-20/h3-9,14H,10-11,13H2,1-2H3,(H,22,23). The molecule has 6 nitrogen and oxygen atoms in total. The highest BCUT2D eigenvalue weighted by Crippen LogP contribution is 2.22. The molecule has 0 radical (unpaired) electrons. The van der Waals surface area contributed by atoms with Gasteiger partial charge in [-0.3, -0.25) is 4.79 Å². The summed E-state index contributed by atoms with van der Waals surface area (Å²) in [5.41, 5.74) is 2.23. The van der Waals surface area contributed by atoms with Crippen LogP contribution in [0.15, 0.2) is 42.6 Å². The molecule has 0 saturated carbocycles. The first-order valence-corrected chi connectivity index (χ1v) is 10.1. The van der Waals surface area contributed by atoms with E-state index in [1.807, 2.05) is 19.9 Å². The minimum Gasteiger partial charge on any atom is -0.351 e. The van der Waals surface area contributed by atoms with Gasteiger partial charge in [0.1, 0.15) is 11.8 Å². The Labute approximate surface area is 153 Å². The molecule has 2 rings (SSSR count). The van der Waals surface area contributed by atoms with Crippen LogP contribution in [0, 0.1) is 17.2 Å². The van der Waals surface area contributed by atoms with Crippen LogP contribution in [0.4, 0.5) is 0 Å². The molecule has 0 aliphatic carbocycles. The summed E-state index contributed by atoms with van der Waals surface area (Å²) in [6.07, 6.45) is 1.55. The van der Waals surface area contributed by atoms with Crippen molar-refractivity contribution in [3.05, 3.63) is 53.9 Å². The molecule has 1 aromatic carbocycles. The van der Waals surface area contributed by atoms with Crippen LogP contribution in [0.2, 0.25) is 0 Å². The third-order valence-corrected chi connectivity index (χ3v) is 5.66. The molecule has 136 valence electrons. The zero-order valence-corrected chi connectivity index (χ0v) is 15.6. The van der Waals surface area contributed by atoms with Crippen molar-refractivity contribution < 1.29 is 13.2 Å². The maximum absolute atomic E-state index is 12.2. The van der Waals surface area contributed by atoms with Crippen LogP contribution in [0.25, 0.3) is 11.1 Å². The third kappa shape index (κ3) is 5.39. The number of hydrogen-bond acceptors (Lipinski definition) is 5. The number of benzene rings is 1. The van der Waals surface area contributed by atoms with Crippen molar-refractivity contribution in [1.29, 1.82) is 5.26 Å². The lowest BCUT2D eigenvalue weighted by atomic mass is 10.0. The molecule has 1 N–H and O–H groups in total. The number of aromatic nitrogens is 1. The quantitative estimate of drug-likeness (QED) is 0.806. The maximum Gasteiger partial charge on any atom is 0.251 e. The van der Waals surface area contributed by atoms with E-state index in [4.69, 9.17) is 5.26 Å². The predicted molar refractivity (Wildman–Crippen MR) is 100 cm³/mol. The van der Waals surface area contributed by atoms with Crippen LogP contribution in [0.3, 0.4) is 0 Å². The average molecular weight is 371 g/mol. The molecule has 1 amide bonds. The van der Waals surface area contributed by atoms with Crippen LogP contribution in [-0.2, 0) is 9.84 Å². The predicted octanol–water partition coefficient (Wildman–Crippen LogP) is 2.42. The number of carbonyl (C=O) groups is 1. The lowest BCUT2D eigenvalue weighted by Crippen LogP contribution is -2.30. The van der Waals surface area contributed by atoms with Gasteiger partial charge in [0.15, 0.2) is 9.84 Å². The van der Waals surface area contributed by atoms with Crippen LogP contribution < -0.4 is 5.32 Å². The number of nitrogens with zero attached hydrogens (tertiary/aromatic N) is 2. The number of rotatable bonds is 7. The second-order valence-corrected chi connectivity index (χ2v) is 8.58. The molecule has 0 saturated heterocycles. The zero-order valence-electron chi connectivity index (χ0n) is 14.8. The molecular formula is C19H21N3O3S. The minimum atomic E-state index is -3.16. The third-order valence-electron chi connectivity index (χ3n) is 3.66. The molecule has 7 heteroatoms. The van der Waals surface area contributed by atoms with E-state index in [-0.39, 0.29) is 29.9 Å². The number of nitriles is 1. The molecule has 0 spiro atoms. The SMILES string of the molecule is CC(C)CS(=O)(=O)CCNC(=O)c1ccc(-c2cccnc2C#N)cc1. The summed E-state index contributed by atoms with van der Waals surface area (Å²) in [7, 11) is -3.16.